The summed E-state index contributed by atoms with van der Waals surface area (Å²) in [5.41, 5.74) is 4.33. The Hall–Kier alpha value is -6.38. The number of aromatic hydroxyl groups is 6. The lowest BCUT2D eigenvalue weighted by Gasteiger charge is -2.20. The molecule has 0 unspecified atom stereocenters. The summed E-state index contributed by atoms with van der Waals surface area (Å²) in [5, 5.41) is 70.4. The minimum absolute atomic E-state index is 0.0210. The Morgan fingerprint density at radius 2 is 1.33 bits per heavy atom. The third kappa shape index (κ3) is 5.45. The van der Waals surface area contributed by atoms with Crippen molar-refractivity contribution in [2.75, 3.05) is 0 Å². The molecule has 1 aromatic heterocycles. The summed E-state index contributed by atoms with van der Waals surface area (Å²) in [6, 6.07) is 22.4. The molecule has 0 aliphatic rings. The van der Waals surface area contributed by atoms with Crippen LogP contribution in [0.3, 0.4) is 0 Å². The maximum Gasteiger partial charge on any atom is 0.168 e. The van der Waals surface area contributed by atoms with Crippen molar-refractivity contribution in [2.24, 2.45) is 0 Å². The first kappa shape index (κ1) is 34.1. The number of hydrogen-bond acceptors (Lipinski definition) is 7. The summed E-state index contributed by atoms with van der Waals surface area (Å²) in [7, 11) is 1.40. The van der Waals surface area contributed by atoms with E-state index in [2.05, 4.69) is 13.2 Å². The van der Waals surface area contributed by atoms with Crippen molar-refractivity contribution < 1.29 is 30.6 Å². The standard InChI is InChI=1S/C44H35BO6S/c1-4-6-11-24(19-18-23(3)10-5-2)34-38-28(12-7-15-30(38)46)36(29-13-8-16-31(47)39(29)34)27-14-9-17-32-37(27)26-21-20-25(22-33(26)52-32)35-41(48)43(50)40(45)44(51)42(35)49/h4-5,7-22,46-51H,1,3,6,45H2,2H3/b10-5-,19-18-,24-11+. The van der Waals surface area contributed by atoms with Gasteiger partial charge in [-0.2, -0.15) is 0 Å². The minimum atomic E-state index is -0.519. The third-order valence-corrected chi connectivity index (χ3v) is 10.6. The van der Waals surface area contributed by atoms with Gasteiger partial charge in [-0.1, -0.05) is 91.6 Å². The van der Waals surface area contributed by atoms with Crippen LogP contribution in [0, 0.1) is 0 Å². The van der Waals surface area contributed by atoms with Crippen molar-refractivity contribution in [1.82, 2.24) is 0 Å². The van der Waals surface area contributed by atoms with Crippen molar-refractivity contribution in [1.29, 1.82) is 0 Å². The first-order chi connectivity index (χ1) is 25.1. The lowest BCUT2D eigenvalue weighted by molar-refractivity contribution is 0.380. The molecular formula is C44H35BO6S. The Bertz CT molecular complexity index is 2640. The summed E-state index contributed by atoms with van der Waals surface area (Å²) >= 11 is 1.52. The molecule has 256 valence electrons. The summed E-state index contributed by atoms with van der Waals surface area (Å²) < 4.78 is 1.81. The van der Waals surface area contributed by atoms with E-state index in [1.807, 2.05) is 91.9 Å². The highest BCUT2D eigenvalue weighted by atomic mass is 32.1. The molecule has 0 atom stereocenters. The summed E-state index contributed by atoms with van der Waals surface area (Å²) in [6.45, 7) is 9.97. The predicted octanol–water partition coefficient (Wildman–Crippen LogP) is 9.83. The van der Waals surface area contributed by atoms with Crippen LogP contribution in [0.15, 0.2) is 128 Å². The molecule has 0 saturated heterocycles. The van der Waals surface area contributed by atoms with Crippen molar-refractivity contribution >= 4 is 71.9 Å². The van der Waals surface area contributed by atoms with Gasteiger partial charge >= 0.3 is 0 Å². The van der Waals surface area contributed by atoms with Gasteiger partial charge in [-0.3, -0.25) is 0 Å². The molecule has 6 nitrogen and oxygen atoms in total. The minimum Gasteiger partial charge on any atom is -0.507 e. The third-order valence-electron chi connectivity index (χ3n) is 9.46. The van der Waals surface area contributed by atoms with Gasteiger partial charge in [-0.25, -0.2) is 0 Å². The molecule has 0 aliphatic carbocycles. The number of fused-ring (bicyclic) bond motifs is 5. The van der Waals surface area contributed by atoms with Gasteiger partial charge in [0.15, 0.2) is 23.0 Å². The van der Waals surface area contributed by atoms with Gasteiger partial charge < -0.3 is 30.6 Å². The van der Waals surface area contributed by atoms with Crippen molar-refractivity contribution in [3.63, 3.8) is 0 Å². The van der Waals surface area contributed by atoms with E-state index in [0.717, 1.165) is 53.2 Å². The van der Waals surface area contributed by atoms with E-state index in [1.54, 1.807) is 24.3 Å². The van der Waals surface area contributed by atoms with E-state index in [4.69, 9.17) is 0 Å². The quantitative estimate of drug-likeness (QED) is 0.0234. The van der Waals surface area contributed by atoms with E-state index < -0.39 is 23.0 Å². The van der Waals surface area contributed by atoms with Gasteiger partial charge in [0.2, 0.25) is 0 Å². The second-order valence-electron chi connectivity index (χ2n) is 12.6. The van der Waals surface area contributed by atoms with Gasteiger partial charge in [-0.15, -0.1) is 17.9 Å². The Kier molecular flexibility index (Phi) is 8.78. The van der Waals surface area contributed by atoms with Gasteiger partial charge in [0.1, 0.15) is 19.3 Å². The first-order valence-corrected chi connectivity index (χ1v) is 17.5. The fraction of sp³-hybridized carbons (Fsp3) is 0.0455. The summed E-state index contributed by atoms with van der Waals surface area (Å²) in [5.74, 6) is -1.90. The highest BCUT2D eigenvalue weighted by Crippen LogP contribution is 2.52. The molecule has 52 heavy (non-hydrogen) atoms. The molecule has 0 bridgehead atoms. The normalized spacial score (nSPS) is 12.3. The number of phenolic OH excluding ortho intramolecular Hbond substituents is 6. The monoisotopic (exact) mass is 702 g/mol. The average molecular weight is 703 g/mol. The maximum atomic E-state index is 11.6. The molecule has 8 heteroatoms. The van der Waals surface area contributed by atoms with Crippen LogP contribution in [0.4, 0.5) is 0 Å². The first-order valence-electron chi connectivity index (χ1n) is 16.7. The van der Waals surface area contributed by atoms with Gasteiger partial charge in [0.05, 0.1) is 5.56 Å². The lowest BCUT2D eigenvalue weighted by Crippen LogP contribution is -2.05. The van der Waals surface area contributed by atoms with Crippen molar-refractivity contribution in [3.8, 4) is 56.8 Å². The average Bonchev–Trinajstić information content (AvgIpc) is 3.51. The number of thiophene rings is 1. The molecule has 7 rings (SSSR count). The molecule has 7 aromatic rings. The van der Waals surface area contributed by atoms with Crippen LogP contribution in [-0.2, 0) is 0 Å². The Balaban J connectivity index is 1.56. The van der Waals surface area contributed by atoms with Crippen LogP contribution in [0.1, 0.15) is 18.9 Å². The van der Waals surface area contributed by atoms with Crippen LogP contribution < -0.4 is 5.46 Å². The lowest BCUT2D eigenvalue weighted by atomic mass is 9.83. The van der Waals surface area contributed by atoms with Gasteiger partial charge in [0, 0.05) is 42.0 Å². The molecule has 0 amide bonds. The smallest absolute Gasteiger partial charge is 0.168 e. The topological polar surface area (TPSA) is 121 Å². The highest BCUT2D eigenvalue weighted by Gasteiger charge is 2.25. The molecule has 0 fully saturated rings. The van der Waals surface area contributed by atoms with Crippen LogP contribution in [0.5, 0.6) is 34.5 Å². The van der Waals surface area contributed by atoms with Gasteiger partial charge in [-0.05, 0) is 76.2 Å². The number of hydrogen-bond donors (Lipinski definition) is 6. The number of benzene rings is 6. The molecule has 1 heterocycles. The molecule has 6 N–H and O–H groups in total. The van der Waals surface area contributed by atoms with E-state index in [-0.39, 0.29) is 22.5 Å². The fourth-order valence-electron chi connectivity index (χ4n) is 7.08. The number of phenols is 6. The van der Waals surface area contributed by atoms with Crippen molar-refractivity contribution in [3.05, 3.63) is 134 Å². The summed E-state index contributed by atoms with van der Waals surface area (Å²) in [6.07, 6.45) is 12.1. The van der Waals surface area contributed by atoms with E-state index in [1.165, 1.54) is 19.2 Å². The number of allylic oxidation sites excluding steroid dienone is 8. The van der Waals surface area contributed by atoms with Crippen LogP contribution in [0.2, 0.25) is 0 Å². The number of rotatable bonds is 8. The molecular weight excluding hydrogens is 667 g/mol. The molecule has 0 spiro atoms. The van der Waals surface area contributed by atoms with E-state index >= 15 is 0 Å². The SMILES string of the molecule is Bc1c(O)c(O)c(-c2ccc3c(c2)sc2cccc(-c4c5cccc(O)c5c(C(/C=C\C(=C)/C=C\C)=C/CC=C)c5c(O)cccc45)c23)c(O)c1O. The maximum absolute atomic E-state index is 11.6. The highest BCUT2D eigenvalue weighted by molar-refractivity contribution is 7.26. The Morgan fingerprint density at radius 3 is 1.94 bits per heavy atom. The largest absolute Gasteiger partial charge is 0.507 e. The zero-order chi connectivity index (χ0) is 36.8. The molecule has 0 radical (unpaired) electrons. The fourth-order valence-corrected chi connectivity index (χ4v) is 8.25. The Morgan fingerprint density at radius 1 is 0.692 bits per heavy atom. The second-order valence-corrected chi connectivity index (χ2v) is 13.7. The second kappa shape index (κ2) is 13.4. The van der Waals surface area contributed by atoms with E-state index in [0.29, 0.717) is 28.3 Å². The van der Waals surface area contributed by atoms with E-state index in [9.17, 15) is 30.6 Å². The van der Waals surface area contributed by atoms with Crippen LogP contribution in [0.25, 0.3) is 69.5 Å². The van der Waals surface area contributed by atoms with Crippen LogP contribution in [-0.4, -0.2) is 38.5 Å². The molecule has 0 aliphatic heterocycles. The molecule has 0 saturated carbocycles. The predicted molar refractivity (Wildman–Crippen MR) is 219 cm³/mol. The van der Waals surface area contributed by atoms with Crippen molar-refractivity contribution in [2.45, 2.75) is 13.3 Å². The molecule has 6 aromatic carbocycles. The Labute approximate surface area is 305 Å². The zero-order valence-corrected chi connectivity index (χ0v) is 29.4. The van der Waals surface area contributed by atoms with Crippen LogP contribution >= 0.6 is 11.3 Å². The zero-order valence-electron chi connectivity index (χ0n) is 28.6. The van der Waals surface area contributed by atoms with Gasteiger partial charge in [0.25, 0.3) is 0 Å². The summed E-state index contributed by atoms with van der Waals surface area (Å²) in [4.78, 5) is 0.